The number of likely N-dealkylation sites (tertiary alicyclic amines) is 1. The van der Waals surface area contributed by atoms with Gasteiger partial charge >= 0.3 is 5.97 Å². The number of amides is 2. The van der Waals surface area contributed by atoms with E-state index in [1.807, 2.05) is 55.5 Å². The molecule has 8 nitrogen and oxygen atoms in total. The van der Waals surface area contributed by atoms with Gasteiger partial charge in [-0.1, -0.05) is 18.2 Å². The minimum atomic E-state index is -0.909. The Balaban J connectivity index is 1.23. The third-order valence-corrected chi connectivity index (χ3v) is 6.66. The molecule has 8 heteroatoms. The van der Waals surface area contributed by atoms with E-state index in [1.165, 1.54) is 0 Å². The number of morpholine rings is 1. The molecule has 2 aromatic carbocycles. The number of ether oxygens (including phenoxy) is 2. The molecule has 4 rings (SSSR count). The van der Waals surface area contributed by atoms with Crippen LogP contribution in [0, 0.1) is 12.8 Å². The molecule has 0 spiro atoms. The fraction of sp³-hybridized carbons (Fsp3) is 0.444. The van der Waals surface area contributed by atoms with Crippen LogP contribution in [-0.2, 0) is 19.1 Å². The molecular weight excluding hydrogens is 446 g/mol. The second-order valence-electron chi connectivity index (χ2n) is 9.10. The normalized spacial score (nSPS) is 17.5. The third kappa shape index (κ3) is 6.19. The fourth-order valence-electron chi connectivity index (χ4n) is 4.45. The van der Waals surface area contributed by atoms with Crippen LogP contribution in [0.3, 0.4) is 0 Å². The molecule has 186 valence electrons. The van der Waals surface area contributed by atoms with Gasteiger partial charge in [0.25, 0.3) is 11.8 Å². The van der Waals surface area contributed by atoms with Crippen LogP contribution in [0.4, 0.5) is 11.4 Å². The van der Waals surface area contributed by atoms with Gasteiger partial charge in [-0.3, -0.25) is 14.4 Å². The van der Waals surface area contributed by atoms with Crippen LogP contribution < -0.4 is 10.2 Å². The molecule has 1 N–H and O–H groups in total. The van der Waals surface area contributed by atoms with Gasteiger partial charge in [0, 0.05) is 43.1 Å². The molecule has 2 aliphatic heterocycles. The molecule has 2 heterocycles. The Morgan fingerprint density at radius 3 is 2.29 bits per heavy atom. The van der Waals surface area contributed by atoms with E-state index in [0.717, 1.165) is 24.3 Å². The van der Waals surface area contributed by atoms with Crippen LogP contribution in [0.2, 0.25) is 0 Å². The number of hydrogen-bond acceptors (Lipinski definition) is 6. The lowest BCUT2D eigenvalue weighted by Gasteiger charge is -2.31. The van der Waals surface area contributed by atoms with Gasteiger partial charge in [-0.2, -0.15) is 0 Å². The summed E-state index contributed by atoms with van der Waals surface area (Å²) < 4.78 is 10.8. The van der Waals surface area contributed by atoms with Crippen molar-refractivity contribution in [2.45, 2.75) is 32.8 Å². The predicted octanol–water partition coefficient (Wildman–Crippen LogP) is 3.25. The number of nitrogens with zero attached hydrogens (tertiary/aromatic N) is 2. The van der Waals surface area contributed by atoms with E-state index in [9.17, 15) is 14.4 Å². The molecule has 1 atom stereocenters. The molecule has 0 bridgehead atoms. The molecular formula is C27H33N3O5. The lowest BCUT2D eigenvalue weighted by atomic mass is 9.96. The Kier molecular flexibility index (Phi) is 8.02. The number of benzene rings is 2. The van der Waals surface area contributed by atoms with E-state index in [0.29, 0.717) is 50.4 Å². The molecule has 35 heavy (non-hydrogen) atoms. The van der Waals surface area contributed by atoms with Gasteiger partial charge < -0.3 is 24.6 Å². The van der Waals surface area contributed by atoms with Gasteiger partial charge in [0.15, 0.2) is 6.10 Å². The van der Waals surface area contributed by atoms with E-state index in [-0.39, 0.29) is 17.7 Å². The van der Waals surface area contributed by atoms with Crippen LogP contribution in [0.15, 0.2) is 48.5 Å². The average molecular weight is 480 g/mol. The summed E-state index contributed by atoms with van der Waals surface area (Å²) in [6, 6.07) is 15.1. The van der Waals surface area contributed by atoms with Gasteiger partial charge in [0.1, 0.15) is 0 Å². The van der Waals surface area contributed by atoms with Crippen molar-refractivity contribution >= 4 is 29.2 Å². The zero-order valence-corrected chi connectivity index (χ0v) is 20.4. The molecule has 2 saturated heterocycles. The standard InChI is InChI=1S/C27H33N3O5/c1-19-5-3-4-6-24(19)26(32)30-13-11-21(12-14-30)27(33)35-20(2)25(31)28-22-7-9-23(10-8-22)29-15-17-34-18-16-29/h3-10,20-21H,11-18H2,1-2H3,(H,28,31)/t20-/m0/s1. The number of hydrogen-bond donors (Lipinski definition) is 1. The zero-order chi connectivity index (χ0) is 24.8. The highest BCUT2D eigenvalue weighted by Crippen LogP contribution is 2.23. The number of aryl methyl sites for hydroxylation is 1. The highest BCUT2D eigenvalue weighted by molar-refractivity contribution is 5.96. The number of carbonyl (C=O) groups excluding carboxylic acids is 3. The van der Waals surface area contributed by atoms with Gasteiger partial charge in [-0.05, 0) is 62.6 Å². The maximum atomic E-state index is 12.8. The van der Waals surface area contributed by atoms with Crippen molar-refractivity contribution in [1.29, 1.82) is 0 Å². The van der Waals surface area contributed by atoms with Gasteiger partial charge in [-0.15, -0.1) is 0 Å². The number of piperidine rings is 1. The number of esters is 1. The fourth-order valence-corrected chi connectivity index (χ4v) is 4.45. The summed E-state index contributed by atoms with van der Waals surface area (Å²) >= 11 is 0. The number of rotatable bonds is 6. The largest absolute Gasteiger partial charge is 0.452 e. The maximum absolute atomic E-state index is 12.8. The van der Waals surface area contributed by atoms with Gasteiger partial charge in [0.2, 0.25) is 0 Å². The quantitative estimate of drug-likeness (QED) is 0.640. The maximum Gasteiger partial charge on any atom is 0.309 e. The van der Waals surface area contributed by atoms with Gasteiger partial charge in [0.05, 0.1) is 19.1 Å². The summed E-state index contributed by atoms with van der Waals surface area (Å²) in [4.78, 5) is 42.1. The van der Waals surface area contributed by atoms with E-state index >= 15 is 0 Å². The van der Waals surface area contributed by atoms with Crippen molar-refractivity contribution in [2.24, 2.45) is 5.92 Å². The molecule has 2 fully saturated rings. The van der Waals surface area contributed by atoms with Crippen LogP contribution in [-0.4, -0.2) is 68.2 Å². The Bertz CT molecular complexity index is 1040. The molecule has 2 aromatic rings. The highest BCUT2D eigenvalue weighted by Gasteiger charge is 2.31. The van der Waals surface area contributed by atoms with Crippen molar-refractivity contribution < 1.29 is 23.9 Å². The van der Waals surface area contributed by atoms with E-state index < -0.39 is 12.1 Å². The molecule has 2 amide bonds. The van der Waals surface area contributed by atoms with Crippen molar-refractivity contribution in [3.8, 4) is 0 Å². The topological polar surface area (TPSA) is 88.2 Å². The third-order valence-electron chi connectivity index (χ3n) is 6.66. The van der Waals surface area contributed by atoms with Crippen molar-refractivity contribution in [1.82, 2.24) is 4.90 Å². The second kappa shape index (κ2) is 11.4. The first kappa shape index (κ1) is 24.7. The highest BCUT2D eigenvalue weighted by atomic mass is 16.5. The molecule has 0 unspecified atom stereocenters. The van der Waals surface area contributed by atoms with E-state index in [2.05, 4.69) is 10.2 Å². The monoisotopic (exact) mass is 479 g/mol. The number of nitrogens with one attached hydrogen (secondary N) is 1. The first-order valence-corrected chi connectivity index (χ1v) is 12.2. The Morgan fingerprint density at radius 1 is 0.971 bits per heavy atom. The SMILES string of the molecule is Cc1ccccc1C(=O)N1CCC(C(=O)O[C@@H](C)C(=O)Nc2ccc(N3CCOCC3)cc2)CC1. The first-order valence-electron chi connectivity index (χ1n) is 12.2. The minimum absolute atomic E-state index is 0.0118. The summed E-state index contributed by atoms with van der Waals surface area (Å²) in [5.74, 6) is -1.09. The van der Waals surface area contributed by atoms with E-state index in [4.69, 9.17) is 9.47 Å². The lowest BCUT2D eigenvalue weighted by molar-refractivity contribution is -0.158. The Hall–Kier alpha value is -3.39. The summed E-state index contributed by atoms with van der Waals surface area (Å²) in [5.41, 5.74) is 3.36. The lowest BCUT2D eigenvalue weighted by Crippen LogP contribution is -2.42. The predicted molar refractivity (Wildman–Crippen MR) is 133 cm³/mol. The van der Waals surface area contributed by atoms with Crippen LogP contribution >= 0.6 is 0 Å². The number of carbonyl (C=O) groups is 3. The molecule has 0 aromatic heterocycles. The minimum Gasteiger partial charge on any atom is -0.452 e. The van der Waals surface area contributed by atoms with Crippen LogP contribution in [0.5, 0.6) is 0 Å². The van der Waals surface area contributed by atoms with Crippen molar-refractivity contribution in [2.75, 3.05) is 49.6 Å². The summed E-state index contributed by atoms with van der Waals surface area (Å²) in [7, 11) is 0. The van der Waals surface area contributed by atoms with Crippen LogP contribution in [0.1, 0.15) is 35.7 Å². The van der Waals surface area contributed by atoms with Crippen molar-refractivity contribution in [3.63, 3.8) is 0 Å². The summed E-state index contributed by atoms with van der Waals surface area (Å²) in [5, 5.41) is 2.81. The molecule has 0 radical (unpaired) electrons. The summed E-state index contributed by atoms with van der Waals surface area (Å²) in [6.07, 6.45) is 0.134. The first-order chi connectivity index (χ1) is 16.9. The Labute approximate surface area is 206 Å². The molecule has 0 saturated carbocycles. The van der Waals surface area contributed by atoms with Gasteiger partial charge in [-0.25, -0.2) is 0 Å². The molecule has 0 aliphatic carbocycles. The molecule has 2 aliphatic rings. The van der Waals surface area contributed by atoms with Crippen LogP contribution in [0.25, 0.3) is 0 Å². The Morgan fingerprint density at radius 2 is 1.63 bits per heavy atom. The second-order valence-corrected chi connectivity index (χ2v) is 9.10. The van der Waals surface area contributed by atoms with E-state index in [1.54, 1.807) is 11.8 Å². The average Bonchev–Trinajstić information content (AvgIpc) is 2.89. The number of anilines is 2. The smallest absolute Gasteiger partial charge is 0.309 e. The van der Waals surface area contributed by atoms with Crippen molar-refractivity contribution in [3.05, 3.63) is 59.7 Å². The zero-order valence-electron chi connectivity index (χ0n) is 20.4. The summed E-state index contributed by atoms with van der Waals surface area (Å²) in [6.45, 7) is 7.59.